The number of aromatic carboxylic acids is 1. The summed E-state index contributed by atoms with van der Waals surface area (Å²) in [5, 5.41) is 20.6. The quantitative estimate of drug-likeness (QED) is 0.260. The molecule has 1 heterocycles. The molecule has 0 saturated carbocycles. The minimum atomic E-state index is -1.04. The second kappa shape index (κ2) is 10.4. The molecular weight excluding hydrogens is 482 g/mol. The molecule has 3 aromatic carbocycles. The molecule has 0 atom stereocenters. The number of rotatable bonds is 7. The van der Waals surface area contributed by atoms with Crippen LogP contribution < -0.4 is 4.74 Å². The van der Waals surface area contributed by atoms with Crippen LogP contribution in [0.2, 0.25) is 0 Å². The van der Waals surface area contributed by atoms with E-state index in [2.05, 4.69) is 4.99 Å². The number of thioether (sulfide) groups is 1. The smallest absolute Gasteiger partial charge is 0.336 e. The number of hydrogen-bond acceptors (Lipinski definition) is 7. The Morgan fingerprint density at radius 3 is 2.56 bits per heavy atom. The number of benzene rings is 3. The van der Waals surface area contributed by atoms with Crippen LogP contribution in [0.15, 0.2) is 76.6 Å². The Kier molecular flexibility index (Phi) is 7.16. The van der Waals surface area contributed by atoms with E-state index in [0.717, 1.165) is 5.56 Å². The van der Waals surface area contributed by atoms with Crippen molar-refractivity contribution in [1.82, 2.24) is 4.90 Å². The van der Waals surface area contributed by atoms with E-state index in [-0.39, 0.29) is 23.8 Å². The second-order valence-corrected chi connectivity index (χ2v) is 8.88. The third-order valence-corrected chi connectivity index (χ3v) is 6.56. The average molecular weight is 504 g/mol. The maximum Gasteiger partial charge on any atom is 0.336 e. The summed E-state index contributed by atoms with van der Waals surface area (Å²) >= 11 is 1.19. The number of carboxylic acids is 1. The number of nitro groups is 1. The summed E-state index contributed by atoms with van der Waals surface area (Å²) in [6.07, 6.45) is 1.72. The Morgan fingerprint density at radius 2 is 1.86 bits per heavy atom. The van der Waals surface area contributed by atoms with Gasteiger partial charge in [-0.3, -0.25) is 19.8 Å². The van der Waals surface area contributed by atoms with Crippen LogP contribution in [0.4, 0.5) is 11.4 Å². The van der Waals surface area contributed by atoms with E-state index in [4.69, 9.17) is 4.74 Å². The Hall–Kier alpha value is -4.44. The highest BCUT2D eigenvalue weighted by Gasteiger charge is 2.31. The van der Waals surface area contributed by atoms with Crippen molar-refractivity contribution in [2.45, 2.75) is 13.5 Å². The molecule has 1 aliphatic rings. The Balaban J connectivity index is 1.56. The molecule has 0 unspecified atom stereocenters. The number of nitrogens with zero attached hydrogens (tertiary/aromatic N) is 3. The van der Waals surface area contributed by atoms with Gasteiger partial charge in [0.25, 0.3) is 11.6 Å². The Morgan fingerprint density at radius 1 is 1.14 bits per heavy atom. The zero-order valence-electron chi connectivity index (χ0n) is 19.4. The van der Waals surface area contributed by atoms with Crippen molar-refractivity contribution < 1.29 is 24.4 Å². The number of non-ortho nitro benzene ring substituents is 1. The van der Waals surface area contributed by atoms with Gasteiger partial charge in [-0.2, -0.15) is 0 Å². The number of carboxylic acid groups (broad SMARTS) is 1. The number of nitro benzene ring substituents is 1. The normalized spacial score (nSPS) is 15.5. The van der Waals surface area contributed by atoms with E-state index in [1.807, 2.05) is 18.2 Å². The van der Waals surface area contributed by atoms with Gasteiger partial charge in [-0.15, -0.1) is 0 Å². The minimum Gasteiger partial charge on any atom is -0.488 e. The molecule has 9 nitrogen and oxygen atoms in total. The van der Waals surface area contributed by atoms with Crippen molar-refractivity contribution in [3.8, 4) is 5.75 Å². The van der Waals surface area contributed by atoms with Crippen LogP contribution >= 0.6 is 11.8 Å². The molecule has 4 rings (SSSR count). The first kappa shape index (κ1) is 24.7. The molecular formula is C26H21N3O6S. The fourth-order valence-electron chi connectivity index (χ4n) is 3.48. The Bertz CT molecular complexity index is 1420. The predicted octanol–water partition coefficient (Wildman–Crippen LogP) is 5.41. The van der Waals surface area contributed by atoms with E-state index >= 15 is 0 Å². The molecule has 0 aromatic heterocycles. The van der Waals surface area contributed by atoms with E-state index < -0.39 is 10.9 Å². The van der Waals surface area contributed by atoms with Crippen LogP contribution in [0.25, 0.3) is 6.08 Å². The lowest BCUT2D eigenvalue weighted by Crippen LogP contribution is -2.23. The number of carbonyl (C=O) groups is 2. The van der Waals surface area contributed by atoms with Gasteiger partial charge in [0, 0.05) is 24.7 Å². The maximum atomic E-state index is 12.9. The number of para-hydroxylation sites is 1. The summed E-state index contributed by atoms with van der Waals surface area (Å²) in [5.74, 6) is -0.727. The fraction of sp³-hybridized carbons (Fsp3) is 0.115. The SMILES string of the molecule is Cc1c(N=C2S/C(=C\c3ccccc3OCc3ccc([N+](=O)[O-])cc3)C(=O)N2C)cccc1C(=O)O. The number of amidine groups is 1. The van der Waals surface area contributed by atoms with E-state index in [1.54, 1.807) is 50.4 Å². The summed E-state index contributed by atoms with van der Waals surface area (Å²) in [4.78, 5) is 41.1. The maximum absolute atomic E-state index is 12.9. The standard InChI is InChI=1S/C26H21N3O6S/c1-16-20(25(31)32)7-5-8-21(16)27-26-28(2)24(30)23(36-26)14-18-6-3-4-9-22(18)35-15-17-10-12-19(13-11-17)29(33)34/h3-14H,15H2,1-2H3,(H,31,32)/b23-14-,27-26?. The number of hydrogen-bond donors (Lipinski definition) is 1. The van der Waals surface area contributed by atoms with E-state index in [1.165, 1.54) is 34.9 Å². The van der Waals surface area contributed by atoms with Crippen LogP contribution in [-0.4, -0.2) is 39.0 Å². The highest BCUT2D eigenvalue weighted by molar-refractivity contribution is 8.18. The number of aliphatic imine (C=N–C) groups is 1. The molecule has 1 saturated heterocycles. The number of likely N-dealkylation sites (N-methyl/N-ethyl adjacent to an activating group) is 1. The summed E-state index contributed by atoms with van der Waals surface area (Å²) in [5.41, 5.74) is 2.61. The molecule has 1 N–H and O–H groups in total. The van der Waals surface area contributed by atoms with Crippen molar-refractivity contribution in [3.05, 3.63) is 104 Å². The van der Waals surface area contributed by atoms with Crippen molar-refractivity contribution in [2.75, 3.05) is 7.05 Å². The molecule has 0 bridgehead atoms. The highest BCUT2D eigenvalue weighted by atomic mass is 32.2. The highest BCUT2D eigenvalue weighted by Crippen LogP contribution is 2.35. The van der Waals surface area contributed by atoms with Crippen molar-refractivity contribution in [2.24, 2.45) is 4.99 Å². The zero-order valence-corrected chi connectivity index (χ0v) is 20.2. The van der Waals surface area contributed by atoms with Gasteiger partial charge in [-0.05, 0) is 66.2 Å². The molecule has 1 aliphatic heterocycles. The summed E-state index contributed by atoms with van der Waals surface area (Å²) < 4.78 is 5.94. The van der Waals surface area contributed by atoms with Gasteiger partial charge in [0.15, 0.2) is 5.17 Å². The van der Waals surface area contributed by atoms with Crippen molar-refractivity contribution in [3.63, 3.8) is 0 Å². The van der Waals surface area contributed by atoms with Gasteiger partial charge in [0.1, 0.15) is 12.4 Å². The average Bonchev–Trinajstić information content (AvgIpc) is 3.12. The van der Waals surface area contributed by atoms with Crippen LogP contribution in [-0.2, 0) is 11.4 Å². The fourth-order valence-corrected chi connectivity index (χ4v) is 4.45. The minimum absolute atomic E-state index is 0.00660. The van der Waals surface area contributed by atoms with Crippen molar-refractivity contribution in [1.29, 1.82) is 0 Å². The summed E-state index contributed by atoms with van der Waals surface area (Å²) in [7, 11) is 1.61. The summed E-state index contributed by atoms with van der Waals surface area (Å²) in [6, 6.07) is 18.2. The number of ether oxygens (including phenoxy) is 1. The zero-order chi connectivity index (χ0) is 25.8. The molecule has 1 fully saturated rings. The molecule has 0 radical (unpaired) electrons. The van der Waals surface area contributed by atoms with Crippen LogP contribution in [0.1, 0.15) is 27.0 Å². The Labute approximate surface area is 210 Å². The van der Waals surface area contributed by atoms with Gasteiger partial charge in [0.2, 0.25) is 0 Å². The first-order valence-corrected chi connectivity index (χ1v) is 11.6. The second-order valence-electron chi connectivity index (χ2n) is 7.87. The van der Waals surface area contributed by atoms with Gasteiger partial charge in [-0.25, -0.2) is 9.79 Å². The molecule has 1 amide bonds. The molecule has 0 aliphatic carbocycles. The molecule has 3 aromatic rings. The monoisotopic (exact) mass is 503 g/mol. The lowest BCUT2D eigenvalue weighted by atomic mass is 10.1. The number of amides is 1. The van der Waals surface area contributed by atoms with Gasteiger partial charge in [0.05, 0.1) is 21.1 Å². The van der Waals surface area contributed by atoms with E-state index in [0.29, 0.717) is 32.6 Å². The van der Waals surface area contributed by atoms with Gasteiger partial charge >= 0.3 is 5.97 Å². The molecule has 10 heteroatoms. The molecule has 0 spiro atoms. The third kappa shape index (κ3) is 5.28. The van der Waals surface area contributed by atoms with Crippen LogP contribution in [0.5, 0.6) is 5.75 Å². The van der Waals surface area contributed by atoms with Gasteiger partial charge in [-0.1, -0.05) is 24.3 Å². The first-order valence-electron chi connectivity index (χ1n) is 10.8. The summed E-state index contributed by atoms with van der Waals surface area (Å²) in [6.45, 7) is 1.88. The van der Waals surface area contributed by atoms with Crippen LogP contribution in [0.3, 0.4) is 0 Å². The molecule has 182 valence electrons. The largest absolute Gasteiger partial charge is 0.488 e. The van der Waals surface area contributed by atoms with Crippen molar-refractivity contribution >= 4 is 46.3 Å². The lowest BCUT2D eigenvalue weighted by molar-refractivity contribution is -0.384. The van der Waals surface area contributed by atoms with Gasteiger partial charge < -0.3 is 9.84 Å². The van der Waals surface area contributed by atoms with E-state index in [9.17, 15) is 24.8 Å². The first-order chi connectivity index (χ1) is 17.2. The lowest BCUT2D eigenvalue weighted by Gasteiger charge is -2.10. The van der Waals surface area contributed by atoms with Crippen LogP contribution in [0, 0.1) is 17.0 Å². The topological polar surface area (TPSA) is 122 Å². The molecule has 36 heavy (non-hydrogen) atoms. The predicted molar refractivity (Wildman–Crippen MR) is 137 cm³/mol. The number of carbonyl (C=O) groups excluding carboxylic acids is 1. The third-order valence-electron chi connectivity index (χ3n) is 5.50.